The van der Waals surface area contributed by atoms with E-state index < -0.39 is 0 Å². The lowest BCUT2D eigenvalue weighted by Gasteiger charge is -2.10. The molecule has 0 fully saturated rings. The van der Waals surface area contributed by atoms with E-state index in [-0.39, 0.29) is 12.5 Å². The van der Waals surface area contributed by atoms with Gasteiger partial charge in [-0.15, -0.1) is 0 Å². The normalized spacial score (nSPS) is 11.3. The summed E-state index contributed by atoms with van der Waals surface area (Å²) in [6, 6.07) is 0. The highest BCUT2D eigenvalue weighted by atomic mass is 16.1. The van der Waals surface area contributed by atoms with Crippen LogP contribution in [0.1, 0.15) is 30.9 Å². The van der Waals surface area contributed by atoms with Crippen LogP contribution in [-0.4, -0.2) is 27.0 Å². The molecule has 0 unspecified atom stereocenters. The summed E-state index contributed by atoms with van der Waals surface area (Å²) in [4.78, 5) is 20.8. The van der Waals surface area contributed by atoms with Gasteiger partial charge in [-0.3, -0.25) is 4.79 Å². The molecule has 2 rings (SSSR count). The second-order valence-electron chi connectivity index (χ2n) is 5.85. The number of nitrogens with zero attached hydrogens (tertiary/aromatic N) is 3. The van der Waals surface area contributed by atoms with Crippen LogP contribution in [-0.2, 0) is 11.3 Å². The van der Waals surface area contributed by atoms with E-state index in [0.717, 1.165) is 22.3 Å². The maximum Gasteiger partial charge on any atom is 0.240 e. The number of rotatable bonds is 4. The first-order chi connectivity index (χ1) is 9.81. The van der Waals surface area contributed by atoms with E-state index in [9.17, 15) is 4.79 Å². The van der Waals surface area contributed by atoms with Gasteiger partial charge in [-0.25, -0.2) is 9.97 Å². The van der Waals surface area contributed by atoms with Crippen LogP contribution in [0.2, 0.25) is 0 Å². The molecule has 0 saturated carbocycles. The van der Waals surface area contributed by atoms with Gasteiger partial charge in [0.05, 0.1) is 5.39 Å². The van der Waals surface area contributed by atoms with Crippen LogP contribution in [0.15, 0.2) is 0 Å². The third-order valence-corrected chi connectivity index (χ3v) is 3.62. The zero-order valence-electron chi connectivity index (χ0n) is 13.3. The number of anilines is 1. The number of aromatic nitrogens is 3. The molecule has 0 atom stereocenters. The standard InChI is InChI=1S/C15H23N5O/c1-8(2)6-17-12(21)7-20-10(4)9(3)13-14(16)18-11(5)19-15(13)20/h8H,6-7H2,1-5H3,(H,17,21)(H2,16,18,19). The predicted octanol–water partition coefficient (Wildman–Crippen LogP) is 1.71. The molecule has 0 saturated heterocycles. The highest BCUT2D eigenvalue weighted by Gasteiger charge is 2.17. The highest BCUT2D eigenvalue weighted by molar-refractivity contribution is 5.92. The number of hydrogen-bond donors (Lipinski definition) is 2. The van der Waals surface area contributed by atoms with E-state index in [1.165, 1.54) is 0 Å². The molecular formula is C15H23N5O. The number of nitrogens with two attached hydrogens (primary N) is 1. The molecule has 0 radical (unpaired) electrons. The Hall–Kier alpha value is -2.11. The van der Waals surface area contributed by atoms with Crippen molar-refractivity contribution in [1.82, 2.24) is 19.9 Å². The molecule has 2 aromatic heterocycles. The SMILES string of the molecule is Cc1nc(N)c2c(C)c(C)n(CC(=O)NCC(C)C)c2n1. The molecule has 2 heterocycles. The molecule has 0 aliphatic rings. The number of nitrogen functional groups attached to an aromatic ring is 1. The molecule has 6 nitrogen and oxygen atoms in total. The topological polar surface area (TPSA) is 85.8 Å². The Balaban J connectivity index is 2.40. The van der Waals surface area contributed by atoms with Crippen molar-refractivity contribution in [2.75, 3.05) is 12.3 Å². The molecule has 6 heteroatoms. The summed E-state index contributed by atoms with van der Waals surface area (Å²) in [6.07, 6.45) is 0. The summed E-state index contributed by atoms with van der Waals surface area (Å²) < 4.78 is 1.91. The average Bonchev–Trinajstić information content (AvgIpc) is 2.61. The van der Waals surface area contributed by atoms with E-state index in [0.29, 0.717) is 24.1 Å². The van der Waals surface area contributed by atoms with Gasteiger partial charge in [0.2, 0.25) is 5.91 Å². The van der Waals surface area contributed by atoms with Crippen LogP contribution in [0.25, 0.3) is 11.0 Å². The molecule has 0 aliphatic heterocycles. The number of carbonyl (C=O) groups excluding carboxylic acids is 1. The summed E-state index contributed by atoms with van der Waals surface area (Å²) in [7, 11) is 0. The Morgan fingerprint density at radius 3 is 2.57 bits per heavy atom. The third-order valence-electron chi connectivity index (χ3n) is 3.62. The third kappa shape index (κ3) is 2.99. The molecule has 21 heavy (non-hydrogen) atoms. The molecule has 0 spiro atoms. The smallest absolute Gasteiger partial charge is 0.240 e. The Labute approximate surface area is 124 Å². The number of amides is 1. The molecular weight excluding hydrogens is 266 g/mol. The second kappa shape index (κ2) is 5.71. The quantitative estimate of drug-likeness (QED) is 0.897. The van der Waals surface area contributed by atoms with Crippen molar-refractivity contribution in [3.8, 4) is 0 Å². The molecule has 0 bridgehead atoms. The predicted molar refractivity (Wildman–Crippen MR) is 84.0 cm³/mol. The van der Waals surface area contributed by atoms with Gasteiger partial charge in [0, 0.05) is 12.2 Å². The first-order valence-corrected chi connectivity index (χ1v) is 7.17. The van der Waals surface area contributed by atoms with Crippen LogP contribution in [0, 0.1) is 26.7 Å². The van der Waals surface area contributed by atoms with Crippen molar-refractivity contribution in [2.45, 2.75) is 41.2 Å². The fourth-order valence-electron chi connectivity index (χ4n) is 2.39. The number of fused-ring (bicyclic) bond motifs is 1. The number of aryl methyl sites for hydroxylation is 2. The van der Waals surface area contributed by atoms with E-state index in [2.05, 4.69) is 29.1 Å². The van der Waals surface area contributed by atoms with Gasteiger partial charge in [0.25, 0.3) is 0 Å². The number of hydrogen-bond acceptors (Lipinski definition) is 4. The van der Waals surface area contributed by atoms with E-state index in [1.807, 2.05) is 18.4 Å². The Bertz CT molecular complexity index is 687. The van der Waals surface area contributed by atoms with Gasteiger partial charge < -0.3 is 15.6 Å². The highest BCUT2D eigenvalue weighted by Crippen LogP contribution is 2.27. The Kier molecular flexibility index (Phi) is 4.16. The molecule has 114 valence electrons. The van der Waals surface area contributed by atoms with Crippen LogP contribution in [0.4, 0.5) is 5.82 Å². The van der Waals surface area contributed by atoms with Crippen molar-refractivity contribution < 1.29 is 4.79 Å². The van der Waals surface area contributed by atoms with Crippen molar-refractivity contribution >= 4 is 22.8 Å². The molecule has 2 aromatic rings. The molecule has 0 aliphatic carbocycles. The minimum absolute atomic E-state index is 0.0152. The van der Waals surface area contributed by atoms with Gasteiger partial charge in [-0.1, -0.05) is 13.8 Å². The first kappa shape index (κ1) is 15.3. The Morgan fingerprint density at radius 2 is 1.95 bits per heavy atom. The largest absolute Gasteiger partial charge is 0.383 e. The fourth-order valence-corrected chi connectivity index (χ4v) is 2.39. The zero-order valence-corrected chi connectivity index (χ0v) is 13.3. The van der Waals surface area contributed by atoms with E-state index in [1.54, 1.807) is 6.92 Å². The minimum Gasteiger partial charge on any atom is -0.383 e. The molecule has 3 N–H and O–H groups in total. The van der Waals surface area contributed by atoms with E-state index in [4.69, 9.17) is 5.73 Å². The lowest BCUT2D eigenvalue weighted by Crippen LogP contribution is -2.31. The van der Waals surface area contributed by atoms with Crippen LogP contribution < -0.4 is 11.1 Å². The van der Waals surface area contributed by atoms with Crippen molar-refractivity contribution in [3.05, 3.63) is 17.1 Å². The first-order valence-electron chi connectivity index (χ1n) is 7.17. The lowest BCUT2D eigenvalue weighted by atomic mass is 10.2. The summed E-state index contributed by atoms with van der Waals surface area (Å²) in [5.74, 6) is 1.50. The van der Waals surface area contributed by atoms with Crippen molar-refractivity contribution in [3.63, 3.8) is 0 Å². The summed E-state index contributed by atoms with van der Waals surface area (Å²) in [5.41, 5.74) is 8.76. The monoisotopic (exact) mass is 289 g/mol. The number of carbonyl (C=O) groups is 1. The second-order valence-corrected chi connectivity index (χ2v) is 5.85. The number of nitrogens with one attached hydrogen (secondary N) is 1. The van der Waals surface area contributed by atoms with Gasteiger partial charge in [-0.05, 0) is 32.3 Å². The summed E-state index contributed by atoms with van der Waals surface area (Å²) >= 11 is 0. The maximum atomic E-state index is 12.1. The van der Waals surface area contributed by atoms with Crippen LogP contribution in [0.3, 0.4) is 0 Å². The Morgan fingerprint density at radius 1 is 1.29 bits per heavy atom. The van der Waals surface area contributed by atoms with Crippen molar-refractivity contribution in [2.24, 2.45) is 5.92 Å². The zero-order chi connectivity index (χ0) is 15.7. The summed E-state index contributed by atoms with van der Waals surface area (Å²) in [5, 5.41) is 3.77. The average molecular weight is 289 g/mol. The lowest BCUT2D eigenvalue weighted by molar-refractivity contribution is -0.121. The summed E-state index contributed by atoms with van der Waals surface area (Å²) in [6.45, 7) is 10.8. The van der Waals surface area contributed by atoms with Crippen molar-refractivity contribution in [1.29, 1.82) is 0 Å². The van der Waals surface area contributed by atoms with Gasteiger partial charge in [-0.2, -0.15) is 0 Å². The van der Waals surface area contributed by atoms with Gasteiger partial charge in [0.15, 0.2) is 0 Å². The fraction of sp³-hybridized carbons (Fsp3) is 0.533. The van der Waals surface area contributed by atoms with Crippen LogP contribution in [0.5, 0.6) is 0 Å². The van der Waals surface area contributed by atoms with E-state index >= 15 is 0 Å². The molecule has 0 aromatic carbocycles. The maximum absolute atomic E-state index is 12.1. The van der Waals surface area contributed by atoms with Crippen LogP contribution >= 0.6 is 0 Å². The van der Waals surface area contributed by atoms with Gasteiger partial charge in [0.1, 0.15) is 23.8 Å². The van der Waals surface area contributed by atoms with Gasteiger partial charge >= 0.3 is 0 Å². The minimum atomic E-state index is -0.0152. The molecule has 1 amide bonds.